The normalized spacial score (nSPS) is 14.9. The summed E-state index contributed by atoms with van der Waals surface area (Å²) in [6.45, 7) is 5.87. The third kappa shape index (κ3) is 5.11. The molecule has 152 valence electrons. The van der Waals surface area contributed by atoms with Crippen LogP contribution in [0.4, 0.5) is 0 Å². The van der Waals surface area contributed by atoms with Gasteiger partial charge in [0.05, 0.1) is 21.9 Å². The van der Waals surface area contributed by atoms with Gasteiger partial charge in [-0.3, -0.25) is 14.7 Å². The summed E-state index contributed by atoms with van der Waals surface area (Å²) >= 11 is 7.54. The number of halogens is 1. The number of thiazole rings is 1. The van der Waals surface area contributed by atoms with Crippen LogP contribution in [0.5, 0.6) is 5.75 Å². The summed E-state index contributed by atoms with van der Waals surface area (Å²) in [5.74, 6) is 0.854. The van der Waals surface area contributed by atoms with Gasteiger partial charge in [-0.05, 0) is 6.92 Å². The maximum Gasteiger partial charge on any atom is 0.276 e. The summed E-state index contributed by atoms with van der Waals surface area (Å²) in [4.78, 5) is 25.3. The Morgan fingerprint density at radius 3 is 2.83 bits per heavy atom. The highest BCUT2D eigenvalue weighted by atomic mass is 35.5. The molecule has 29 heavy (non-hydrogen) atoms. The van der Waals surface area contributed by atoms with Crippen molar-refractivity contribution in [1.82, 2.24) is 24.9 Å². The number of hydrogen-bond acceptors (Lipinski definition) is 8. The molecule has 0 saturated carbocycles. The van der Waals surface area contributed by atoms with Crippen molar-refractivity contribution in [2.24, 2.45) is 0 Å². The number of piperazine rings is 1. The first-order valence-electron chi connectivity index (χ1n) is 9.18. The molecule has 1 aliphatic rings. The summed E-state index contributed by atoms with van der Waals surface area (Å²) in [5.41, 5.74) is 1.37. The third-order valence-electron chi connectivity index (χ3n) is 4.55. The lowest BCUT2D eigenvalue weighted by Crippen LogP contribution is -2.48. The summed E-state index contributed by atoms with van der Waals surface area (Å²) in [5, 5.41) is 7.55. The SMILES string of the molecule is Cc1nc(CN2CCN(C(=O)c3cc(COc4cncc(Cl)c4)on3)CC2)cs1. The van der Waals surface area contributed by atoms with Gasteiger partial charge in [-0.2, -0.15) is 0 Å². The number of amides is 1. The van der Waals surface area contributed by atoms with E-state index in [9.17, 15) is 4.79 Å². The molecule has 0 radical (unpaired) electrons. The monoisotopic (exact) mass is 433 g/mol. The molecule has 8 nitrogen and oxygen atoms in total. The molecule has 3 aromatic rings. The predicted octanol–water partition coefficient (Wildman–Crippen LogP) is 3.02. The van der Waals surface area contributed by atoms with E-state index < -0.39 is 0 Å². The molecule has 1 amide bonds. The molecular formula is C19H20ClN5O3S. The second-order valence-corrected chi connectivity index (χ2v) is 8.23. The van der Waals surface area contributed by atoms with Gasteiger partial charge in [0.25, 0.3) is 5.91 Å². The molecular weight excluding hydrogens is 414 g/mol. The number of aryl methyl sites for hydroxylation is 1. The van der Waals surface area contributed by atoms with Gasteiger partial charge in [0, 0.05) is 56.4 Å². The van der Waals surface area contributed by atoms with Crippen LogP contribution in [-0.4, -0.2) is 57.0 Å². The quantitative estimate of drug-likeness (QED) is 0.590. The minimum absolute atomic E-state index is 0.131. The number of pyridine rings is 1. The van der Waals surface area contributed by atoms with Gasteiger partial charge in [-0.15, -0.1) is 11.3 Å². The van der Waals surface area contributed by atoms with E-state index in [-0.39, 0.29) is 18.2 Å². The molecule has 1 fully saturated rings. The fourth-order valence-electron chi connectivity index (χ4n) is 3.09. The van der Waals surface area contributed by atoms with E-state index in [1.165, 1.54) is 6.20 Å². The van der Waals surface area contributed by atoms with Crippen LogP contribution in [0, 0.1) is 6.92 Å². The lowest BCUT2D eigenvalue weighted by molar-refractivity contribution is 0.0617. The molecule has 0 aliphatic carbocycles. The standard InChI is InChI=1S/C19H20ClN5O3S/c1-13-22-15(12-29-13)10-24-2-4-25(5-3-24)19(26)18-7-17(28-23-18)11-27-16-6-14(20)8-21-9-16/h6-9,12H,2-5,10-11H2,1H3. The Balaban J connectivity index is 1.28. The average molecular weight is 434 g/mol. The molecule has 10 heteroatoms. The van der Waals surface area contributed by atoms with Crippen LogP contribution in [0.1, 0.15) is 27.0 Å². The Kier molecular flexibility index (Phi) is 6.08. The van der Waals surface area contributed by atoms with Gasteiger partial charge in [0.1, 0.15) is 12.4 Å². The van der Waals surface area contributed by atoms with Gasteiger partial charge in [0.2, 0.25) is 0 Å². The zero-order valence-corrected chi connectivity index (χ0v) is 17.4. The molecule has 0 aromatic carbocycles. The van der Waals surface area contributed by atoms with Crippen molar-refractivity contribution >= 4 is 28.8 Å². The average Bonchev–Trinajstić information content (AvgIpc) is 3.35. The first-order valence-corrected chi connectivity index (χ1v) is 10.4. The van der Waals surface area contributed by atoms with Crippen LogP contribution < -0.4 is 4.74 Å². The van der Waals surface area contributed by atoms with Crippen LogP contribution in [0.3, 0.4) is 0 Å². The number of carbonyl (C=O) groups is 1. The molecule has 4 rings (SSSR count). The van der Waals surface area contributed by atoms with E-state index in [0.29, 0.717) is 29.6 Å². The third-order valence-corrected chi connectivity index (χ3v) is 5.58. The summed E-state index contributed by atoms with van der Waals surface area (Å²) in [6, 6.07) is 3.27. The van der Waals surface area contributed by atoms with Crippen molar-refractivity contribution in [3.63, 3.8) is 0 Å². The van der Waals surface area contributed by atoms with Crippen molar-refractivity contribution in [2.45, 2.75) is 20.1 Å². The van der Waals surface area contributed by atoms with Gasteiger partial charge >= 0.3 is 0 Å². The number of ether oxygens (including phenoxy) is 1. The van der Waals surface area contributed by atoms with Crippen LogP contribution >= 0.6 is 22.9 Å². The Labute approximate surface area is 177 Å². The highest BCUT2D eigenvalue weighted by Crippen LogP contribution is 2.18. The first kappa shape index (κ1) is 19.8. The summed E-state index contributed by atoms with van der Waals surface area (Å²) < 4.78 is 10.8. The number of rotatable bonds is 6. The Bertz CT molecular complexity index is 984. The number of hydrogen-bond donors (Lipinski definition) is 0. The maximum absolute atomic E-state index is 12.7. The van der Waals surface area contributed by atoms with Crippen molar-refractivity contribution in [3.8, 4) is 5.75 Å². The fraction of sp³-hybridized carbons (Fsp3) is 0.368. The van der Waals surface area contributed by atoms with Gasteiger partial charge in [-0.25, -0.2) is 4.98 Å². The lowest BCUT2D eigenvalue weighted by atomic mass is 10.2. The van der Waals surface area contributed by atoms with Gasteiger partial charge < -0.3 is 14.2 Å². The molecule has 1 aliphatic heterocycles. The van der Waals surface area contributed by atoms with Crippen LogP contribution in [0.15, 0.2) is 34.4 Å². The topological polar surface area (TPSA) is 84.6 Å². The lowest BCUT2D eigenvalue weighted by Gasteiger charge is -2.33. The number of aromatic nitrogens is 3. The van der Waals surface area contributed by atoms with Gasteiger partial charge in [-0.1, -0.05) is 16.8 Å². The van der Waals surface area contributed by atoms with Gasteiger partial charge in [0.15, 0.2) is 11.5 Å². The Morgan fingerprint density at radius 2 is 2.10 bits per heavy atom. The highest BCUT2D eigenvalue weighted by molar-refractivity contribution is 7.09. The summed E-state index contributed by atoms with van der Waals surface area (Å²) in [6.07, 6.45) is 3.08. The van der Waals surface area contributed by atoms with E-state index in [1.807, 2.05) is 6.92 Å². The zero-order chi connectivity index (χ0) is 20.2. The molecule has 1 saturated heterocycles. The van der Waals surface area contributed by atoms with Crippen molar-refractivity contribution in [2.75, 3.05) is 26.2 Å². The van der Waals surface area contributed by atoms with E-state index in [1.54, 1.807) is 34.6 Å². The molecule has 0 unspecified atom stereocenters. The fourth-order valence-corrected chi connectivity index (χ4v) is 3.86. The van der Waals surface area contributed by atoms with Crippen LogP contribution in [0.25, 0.3) is 0 Å². The van der Waals surface area contributed by atoms with E-state index in [4.69, 9.17) is 20.9 Å². The minimum atomic E-state index is -0.131. The van der Waals surface area contributed by atoms with E-state index >= 15 is 0 Å². The van der Waals surface area contributed by atoms with E-state index in [2.05, 4.69) is 25.4 Å². The van der Waals surface area contributed by atoms with Crippen LogP contribution in [-0.2, 0) is 13.2 Å². The summed E-state index contributed by atoms with van der Waals surface area (Å²) in [7, 11) is 0. The van der Waals surface area contributed by atoms with Crippen molar-refractivity contribution < 1.29 is 14.1 Å². The molecule has 3 aromatic heterocycles. The molecule has 4 heterocycles. The second kappa shape index (κ2) is 8.89. The minimum Gasteiger partial charge on any atom is -0.484 e. The smallest absolute Gasteiger partial charge is 0.276 e. The second-order valence-electron chi connectivity index (χ2n) is 6.73. The Morgan fingerprint density at radius 1 is 1.28 bits per heavy atom. The van der Waals surface area contributed by atoms with Crippen LogP contribution in [0.2, 0.25) is 5.02 Å². The predicted molar refractivity (Wildman–Crippen MR) is 108 cm³/mol. The molecule has 0 spiro atoms. The highest BCUT2D eigenvalue weighted by Gasteiger charge is 2.25. The maximum atomic E-state index is 12.7. The largest absolute Gasteiger partial charge is 0.484 e. The van der Waals surface area contributed by atoms with Crippen molar-refractivity contribution in [1.29, 1.82) is 0 Å². The number of nitrogens with zero attached hydrogens (tertiary/aromatic N) is 5. The zero-order valence-electron chi connectivity index (χ0n) is 15.9. The first-order chi connectivity index (χ1) is 14.1. The van der Waals surface area contributed by atoms with E-state index in [0.717, 1.165) is 30.3 Å². The number of carbonyl (C=O) groups excluding carboxylic acids is 1. The Hall–Kier alpha value is -2.49. The molecule has 0 N–H and O–H groups in total. The molecule has 0 atom stereocenters. The van der Waals surface area contributed by atoms with Crippen molar-refractivity contribution in [3.05, 3.63) is 57.1 Å². The molecule has 0 bridgehead atoms.